The summed E-state index contributed by atoms with van der Waals surface area (Å²) >= 11 is 0. The number of carbonyl (C=O) groups is 1. The number of hydrogen-bond donors (Lipinski definition) is 2. The van der Waals surface area contributed by atoms with Crippen molar-refractivity contribution in [1.82, 2.24) is 4.72 Å². The summed E-state index contributed by atoms with van der Waals surface area (Å²) in [6, 6.07) is 15.4. The monoisotopic (exact) mass is 416 g/mol. The molecule has 7 nitrogen and oxygen atoms in total. The van der Waals surface area contributed by atoms with Crippen molar-refractivity contribution in [3.05, 3.63) is 71.5 Å². The lowest BCUT2D eigenvalue weighted by Gasteiger charge is -2.21. The van der Waals surface area contributed by atoms with Gasteiger partial charge < -0.3 is 9.84 Å². The molecule has 0 aliphatic carbocycles. The third-order valence-electron chi connectivity index (χ3n) is 4.57. The standard InChI is InChI=1S/C20H17FN2O5S/c21-19-16-8-14(11-24)6-7-15(16)9-17(28-12-13-4-2-1-3-5-13)20(19)23-10-18(25)22-29(23,26)27/h1-9,24H,10-12H2,(H,22,25). The van der Waals surface area contributed by atoms with Gasteiger partial charge in [-0.3, -0.25) is 4.79 Å². The van der Waals surface area contributed by atoms with E-state index in [2.05, 4.69) is 0 Å². The molecule has 0 unspecified atom stereocenters. The molecule has 1 saturated heterocycles. The molecule has 1 heterocycles. The smallest absolute Gasteiger partial charge is 0.326 e. The molecule has 29 heavy (non-hydrogen) atoms. The molecule has 1 aliphatic rings. The highest BCUT2D eigenvalue weighted by atomic mass is 32.2. The Balaban J connectivity index is 1.87. The number of rotatable bonds is 5. The van der Waals surface area contributed by atoms with Crippen molar-refractivity contribution < 1.29 is 27.4 Å². The molecule has 0 spiro atoms. The van der Waals surface area contributed by atoms with E-state index in [0.717, 1.165) is 5.56 Å². The zero-order valence-electron chi connectivity index (χ0n) is 15.1. The van der Waals surface area contributed by atoms with Crippen LogP contribution in [0.4, 0.5) is 10.1 Å². The highest BCUT2D eigenvalue weighted by Crippen LogP contribution is 2.39. The number of amides is 1. The maximum atomic E-state index is 15.5. The molecule has 1 fully saturated rings. The van der Waals surface area contributed by atoms with Crippen molar-refractivity contribution >= 4 is 32.6 Å². The third kappa shape index (κ3) is 3.62. The molecule has 0 saturated carbocycles. The molecule has 3 aromatic carbocycles. The number of anilines is 1. The zero-order chi connectivity index (χ0) is 20.6. The van der Waals surface area contributed by atoms with E-state index in [4.69, 9.17) is 4.74 Å². The van der Waals surface area contributed by atoms with Crippen LogP contribution in [0.5, 0.6) is 5.75 Å². The van der Waals surface area contributed by atoms with Crippen molar-refractivity contribution in [3.63, 3.8) is 0 Å². The van der Waals surface area contributed by atoms with E-state index >= 15 is 4.39 Å². The van der Waals surface area contributed by atoms with Crippen LogP contribution >= 0.6 is 0 Å². The van der Waals surface area contributed by atoms with E-state index < -0.39 is 28.5 Å². The first-order valence-electron chi connectivity index (χ1n) is 8.75. The summed E-state index contributed by atoms with van der Waals surface area (Å²) in [5.41, 5.74) is 0.939. The van der Waals surface area contributed by atoms with E-state index in [-0.39, 0.29) is 30.0 Å². The van der Waals surface area contributed by atoms with Gasteiger partial charge in [-0.1, -0.05) is 42.5 Å². The van der Waals surface area contributed by atoms with E-state index in [1.807, 2.05) is 35.1 Å². The van der Waals surface area contributed by atoms with Crippen LogP contribution in [0, 0.1) is 5.82 Å². The van der Waals surface area contributed by atoms with E-state index in [1.54, 1.807) is 12.1 Å². The number of halogens is 1. The molecule has 1 aliphatic heterocycles. The second kappa shape index (κ2) is 7.34. The topological polar surface area (TPSA) is 95.9 Å². The van der Waals surface area contributed by atoms with Crippen molar-refractivity contribution in [2.75, 3.05) is 10.8 Å². The highest BCUT2D eigenvalue weighted by Gasteiger charge is 2.38. The van der Waals surface area contributed by atoms with Gasteiger partial charge in [-0.15, -0.1) is 0 Å². The maximum absolute atomic E-state index is 15.5. The summed E-state index contributed by atoms with van der Waals surface area (Å²) in [5, 5.41) is 9.94. The summed E-state index contributed by atoms with van der Waals surface area (Å²) in [4.78, 5) is 11.7. The second-order valence-corrected chi connectivity index (χ2v) is 8.16. The minimum Gasteiger partial charge on any atom is -0.487 e. The zero-order valence-corrected chi connectivity index (χ0v) is 15.9. The largest absolute Gasteiger partial charge is 0.487 e. The summed E-state index contributed by atoms with van der Waals surface area (Å²) in [6.07, 6.45) is 0. The lowest BCUT2D eigenvalue weighted by Crippen LogP contribution is -2.30. The average Bonchev–Trinajstić information content (AvgIpc) is 2.98. The van der Waals surface area contributed by atoms with Crippen LogP contribution in [0.2, 0.25) is 0 Å². The number of nitrogens with zero attached hydrogens (tertiary/aromatic N) is 1. The number of benzene rings is 3. The van der Waals surface area contributed by atoms with Crippen LogP contribution in [0.3, 0.4) is 0 Å². The molecule has 2 N–H and O–H groups in total. The number of nitrogens with one attached hydrogen (secondary N) is 1. The van der Waals surface area contributed by atoms with Gasteiger partial charge in [0.2, 0.25) is 0 Å². The molecular formula is C20H17FN2O5S. The molecule has 4 rings (SSSR count). The van der Waals surface area contributed by atoms with Crippen molar-refractivity contribution in [3.8, 4) is 5.75 Å². The van der Waals surface area contributed by atoms with Crippen LogP contribution in [0.1, 0.15) is 11.1 Å². The average molecular weight is 416 g/mol. The summed E-state index contributed by atoms with van der Waals surface area (Å²) in [5.74, 6) is -1.61. The minimum absolute atomic E-state index is 0.00400. The van der Waals surface area contributed by atoms with Gasteiger partial charge in [-0.25, -0.2) is 13.4 Å². The SMILES string of the molecule is O=C1CN(c2c(OCc3ccccc3)cc3ccc(CO)cc3c2F)S(=O)(=O)N1. The van der Waals surface area contributed by atoms with Crippen molar-refractivity contribution in [2.24, 2.45) is 0 Å². The highest BCUT2D eigenvalue weighted by molar-refractivity contribution is 7.92. The summed E-state index contributed by atoms with van der Waals surface area (Å²) in [6.45, 7) is -0.756. The molecular weight excluding hydrogens is 399 g/mol. The Kier molecular flexibility index (Phi) is 4.85. The first-order chi connectivity index (χ1) is 13.9. The Morgan fingerprint density at radius 2 is 1.86 bits per heavy atom. The van der Waals surface area contributed by atoms with Gasteiger partial charge in [0.05, 0.1) is 6.61 Å². The quantitative estimate of drug-likeness (QED) is 0.665. The van der Waals surface area contributed by atoms with Crippen molar-refractivity contribution in [1.29, 1.82) is 0 Å². The summed E-state index contributed by atoms with van der Waals surface area (Å²) < 4.78 is 48.4. The normalized spacial score (nSPS) is 15.5. The Morgan fingerprint density at radius 1 is 1.10 bits per heavy atom. The maximum Gasteiger partial charge on any atom is 0.326 e. The van der Waals surface area contributed by atoms with Gasteiger partial charge in [-0.05, 0) is 28.6 Å². The molecule has 9 heteroatoms. The summed E-state index contributed by atoms with van der Waals surface area (Å²) in [7, 11) is -4.24. The molecule has 1 amide bonds. The number of aliphatic hydroxyl groups excluding tert-OH is 1. The van der Waals surface area contributed by atoms with Gasteiger partial charge in [-0.2, -0.15) is 8.42 Å². The number of ether oxygens (including phenoxy) is 1. The predicted molar refractivity (Wildman–Crippen MR) is 105 cm³/mol. The fraction of sp³-hybridized carbons (Fsp3) is 0.150. The number of aliphatic hydroxyl groups is 1. The van der Waals surface area contributed by atoms with Gasteiger partial charge in [0.1, 0.15) is 24.6 Å². The van der Waals surface area contributed by atoms with Crippen LogP contribution in [0.15, 0.2) is 54.6 Å². The van der Waals surface area contributed by atoms with Gasteiger partial charge in [0.15, 0.2) is 5.82 Å². The molecule has 150 valence electrons. The molecule has 0 radical (unpaired) electrons. The van der Waals surface area contributed by atoms with Crippen LogP contribution in [-0.2, 0) is 28.2 Å². The van der Waals surface area contributed by atoms with Crippen LogP contribution in [0.25, 0.3) is 10.8 Å². The van der Waals surface area contributed by atoms with Gasteiger partial charge >= 0.3 is 10.2 Å². The first kappa shape index (κ1) is 19.2. The van der Waals surface area contributed by atoms with E-state index in [1.165, 1.54) is 12.1 Å². The Labute approximate surface area is 166 Å². The lowest BCUT2D eigenvalue weighted by atomic mass is 10.0. The Bertz CT molecular complexity index is 1200. The minimum atomic E-state index is -4.24. The Morgan fingerprint density at radius 3 is 2.52 bits per heavy atom. The Hall–Kier alpha value is -3.17. The number of fused-ring (bicyclic) bond motifs is 1. The molecule has 0 aromatic heterocycles. The second-order valence-electron chi connectivity index (χ2n) is 6.56. The fourth-order valence-electron chi connectivity index (χ4n) is 3.19. The first-order valence-corrected chi connectivity index (χ1v) is 10.2. The van der Waals surface area contributed by atoms with Crippen molar-refractivity contribution in [2.45, 2.75) is 13.2 Å². The molecule has 3 aromatic rings. The van der Waals surface area contributed by atoms with E-state index in [9.17, 15) is 18.3 Å². The molecule has 0 bridgehead atoms. The third-order valence-corrected chi connectivity index (χ3v) is 5.95. The lowest BCUT2D eigenvalue weighted by molar-refractivity contribution is -0.117. The van der Waals surface area contributed by atoms with Gasteiger partial charge in [0.25, 0.3) is 5.91 Å². The van der Waals surface area contributed by atoms with Gasteiger partial charge in [0, 0.05) is 5.39 Å². The number of carbonyl (C=O) groups excluding carboxylic acids is 1. The van der Waals surface area contributed by atoms with E-state index in [0.29, 0.717) is 15.3 Å². The number of hydrogen-bond acceptors (Lipinski definition) is 5. The molecule has 0 atom stereocenters. The predicted octanol–water partition coefficient (Wildman–Crippen LogP) is 2.23. The fourth-order valence-corrected chi connectivity index (χ4v) is 4.35. The van der Waals surface area contributed by atoms with Crippen LogP contribution < -0.4 is 13.8 Å². The van der Waals surface area contributed by atoms with Crippen LogP contribution in [-0.4, -0.2) is 26.0 Å².